The molecule has 0 atom stereocenters. The highest BCUT2D eigenvalue weighted by atomic mass is 16.5. The van der Waals surface area contributed by atoms with Gasteiger partial charge < -0.3 is 13.9 Å². The molecule has 0 saturated carbocycles. The van der Waals surface area contributed by atoms with Gasteiger partial charge in [0.2, 0.25) is 0 Å². The standard InChI is InChI=1S/C22H26N2O3/c1-4-26-22-13-18(17(2)12-21(22)25-3)14-24(16-20-9-7-11-27-20)15-19-8-5-6-10-23-19/h5-13H,4,14-16H2,1-3H3. The van der Waals surface area contributed by atoms with Crippen molar-refractivity contribution in [2.45, 2.75) is 33.5 Å². The SMILES string of the molecule is CCOc1cc(CN(Cc2ccccn2)Cc2ccco2)c(C)cc1OC. The molecule has 0 aliphatic heterocycles. The van der Waals surface area contributed by atoms with Crippen molar-refractivity contribution in [3.63, 3.8) is 0 Å². The van der Waals surface area contributed by atoms with Crippen LogP contribution in [0.25, 0.3) is 0 Å². The highest BCUT2D eigenvalue weighted by Crippen LogP contribution is 2.31. The fraction of sp³-hybridized carbons (Fsp3) is 0.318. The average Bonchev–Trinajstić information content (AvgIpc) is 3.18. The summed E-state index contributed by atoms with van der Waals surface area (Å²) < 4.78 is 16.8. The fourth-order valence-electron chi connectivity index (χ4n) is 3.05. The third kappa shape index (κ3) is 5.11. The first-order chi connectivity index (χ1) is 13.2. The molecule has 3 aromatic rings. The van der Waals surface area contributed by atoms with Crippen molar-refractivity contribution in [1.82, 2.24) is 9.88 Å². The van der Waals surface area contributed by atoms with E-state index in [9.17, 15) is 0 Å². The third-order valence-corrected chi connectivity index (χ3v) is 4.39. The van der Waals surface area contributed by atoms with Gasteiger partial charge in [-0.05, 0) is 61.4 Å². The summed E-state index contributed by atoms with van der Waals surface area (Å²) in [6, 6.07) is 14.0. The van der Waals surface area contributed by atoms with E-state index >= 15 is 0 Å². The van der Waals surface area contributed by atoms with Gasteiger partial charge in [0.15, 0.2) is 11.5 Å². The number of nitrogens with zero attached hydrogens (tertiary/aromatic N) is 2. The van der Waals surface area contributed by atoms with E-state index in [0.717, 1.165) is 36.0 Å². The summed E-state index contributed by atoms with van der Waals surface area (Å²) in [5, 5.41) is 0. The highest BCUT2D eigenvalue weighted by molar-refractivity contribution is 5.47. The van der Waals surface area contributed by atoms with Crippen LogP contribution >= 0.6 is 0 Å². The molecule has 142 valence electrons. The molecule has 0 radical (unpaired) electrons. The maximum atomic E-state index is 5.75. The van der Waals surface area contributed by atoms with E-state index < -0.39 is 0 Å². The molecule has 0 saturated heterocycles. The van der Waals surface area contributed by atoms with Crippen molar-refractivity contribution in [2.24, 2.45) is 0 Å². The Labute approximate surface area is 160 Å². The van der Waals surface area contributed by atoms with Crippen molar-refractivity contribution in [3.05, 3.63) is 77.5 Å². The first-order valence-electron chi connectivity index (χ1n) is 9.14. The quantitative estimate of drug-likeness (QED) is 0.554. The van der Waals surface area contributed by atoms with Gasteiger partial charge in [-0.1, -0.05) is 6.07 Å². The third-order valence-electron chi connectivity index (χ3n) is 4.39. The summed E-state index contributed by atoms with van der Waals surface area (Å²) in [5.74, 6) is 2.47. The lowest BCUT2D eigenvalue weighted by atomic mass is 10.1. The number of furan rings is 1. The lowest BCUT2D eigenvalue weighted by Crippen LogP contribution is -2.23. The zero-order chi connectivity index (χ0) is 19.1. The van der Waals surface area contributed by atoms with Crippen LogP contribution in [0.5, 0.6) is 11.5 Å². The summed E-state index contributed by atoms with van der Waals surface area (Å²) in [6.07, 6.45) is 3.53. The Kier molecular flexibility index (Phi) is 6.49. The van der Waals surface area contributed by atoms with Crippen molar-refractivity contribution >= 4 is 0 Å². The van der Waals surface area contributed by atoms with Crippen LogP contribution in [0.1, 0.15) is 29.5 Å². The first-order valence-corrected chi connectivity index (χ1v) is 9.14. The molecule has 0 unspecified atom stereocenters. The smallest absolute Gasteiger partial charge is 0.161 e. The van der Waals surface area contributed by atoms with Crippen LogP contribution in [0.3, 0.4) is 0 Å². The molecule has 0 amide bonds. The Morgan fingerprint density at radius 3 is 2.59 bits per heavy atom. The van der Waals surface area contributed by atoms with E-state index in [4.69, 9.17) is 13.9 Å². The maximum absolute atomic E-state index is 5.75. The van der Waals surface area contributed by atoms with Crippen molar-refractivity contribution in [3.8, 4) is 11.5 Å². The van der Waals surface area contributed by atoms with Gasteiger partial charge in [-0.2, -0.15) is 0 Å². The van der Waals surface area contributed by atoms with Gasteiger partial charge in [0.05, 0.1) is 32.2 Å². The number of benzene rings is 1. The van der Waals surface area contributed by atoms with E-state index in [1.54, 1.807) is 13.4 Å². The molecule has 27 heavy (non-hydrogen) atoms. The van der Waals surface area contributed by atoms with Crippen LogP contribution < -0.4 is 9.47 Å². The lowest BCUT2D eigenvalue weighted by Gasteiger charge is -2.23. The predicted octanol–water partition coefficient (Wildman–Crippen LogP) is 4.59. The van der Waals surface area contributed by atoms with E-state index in [0.29, 0.717) is 13.2 Å². The van der Waals surface area contributed by atoms with Crippen LogP contribution in [0, 0.1) is 6.92 Å². The number of methoxy groups -OCH3 is 1. The number of aryl methyl sites for hydroxylation is 1. The van der Waals surface area contributed by atoms with Crippen molar-refractivity contribution in [2.75, 3.05) is 13.7 Å². The van der Waals surface area contributed by atoms with Crippen molar-refractivity contribution in [1.29, 1.82) is 0 Å². The van der Waals surface area contributed by atoms with Crippen LogP contribution in [-0.2, 0) is 19.6 Å². The van der Waals surface area contributed by atoms with E-state index in [1.165, 1.54) is 11.1 Å². The first kappa shape index (κ1) is 19.0. The van der Waals surface area contributed by atoms with Gasteiger partial charge in [0.25, 0.3) is 0 Å². The number of pyridine rings is 1. The van der Waals surface area contributed by atoms with Gasteiger partial charge in [0, 0.05) is 19.3 Å². The van der Waals surface area contributed by atoms with E-state index in [1.807, 2.05) is 49.5 Å². The van der Waals surface area contributed by atoms with Gasteiger partial charge in [-0.3, -0.25) is 9.88 Å². The van der Waals surface area contributed by atoms with Crippen molar-refractivity contribution < 1.29 is 13.9 Å². The Bertz CT molecular complexity index is 832. The molecule has 0 aliphatic rings. The van der Waals surface area contributed by atoms with Gasteiger partial charge in [0.1, 0.15) is 5.76 Å². The van der Waals surface area contributed by atoms with Crippen LogP contribution in [0.2, 0.25) is 0 Å². The second kappa shape index (κ2) is 9.24. The zero-order valence-corrected chi connectivity index (χ0v) is 16.1. The lowest BCUT2D eigenvalue weighted by molar-refractivity contribution is 0.223. The average molecular weight is 366 g/mol. The summed E-state index contributed by atoms with van der Waals surface area (Å²) in [7, 11) is 1.67. The van der Waals surface area contributed by atoms with Gasteiger partial charge >= 0.3 is 0 Å². The summed E-state index contributed by atoms with van der Waals surface area (Å²) >= 11 is 0. The van der Waals surface area contributed by atoms with Crippen LogP contribution in [0.15, 0.2) is 59.3 Å². The Morgan fingerprint density at radius 2 is 1.93 bits per heavy atom. The molecular weight excluding hydrogens is 340 g/mol. The normalized spacial score (nSPS) is 11.0. The minimum absolute atomic E-state index is 0.600. The molecule has 5 nitrogen and oxygen atoms in total. The minimum atomic E-state index is 0.600. The number of aromatic nitrogens is 1. The second-order valence-corrected chi connectivity index (χ2v) is 6.41. The molecule has 2 heterocycles. The molecule has 0 fully saturated rings. The number of hydrogen-bond acceptors (Lipinski definition) is 5. The van der Waals surface area contributed by atoms with Gasteiger partial charge in [-0.25, -0.2) is 0 Å². The molecule has 3 rings (SSSR count). The maximum Gasteiger partial charge on any atom is 0.161 e. The predicted molar refractivity (Wildman–Crippen MR) is 105 cm³/mol. The summed E-state index contributed by atoms with van der Waals surface area (Å²) in [5.41, 5.74) is 3.39. The minimum Gasteiger partial charge on any atom is -0.493 e. The monoisotopic (exact) mass is 366 g/mol. The molecule has 0 spiro atoms. The molecule has 0 N–H and O–H groups in total. The number of rotatable bonds is 9. The highest BCUT2D eigenvalue weighted by Gasteiger charge is 2.15. The molecule has 5 heteroatoms. The molecule has 0 aliphatic carbocycles. The fourth-order valence-corrected chi connectivity index (χ4v) is 3.05. The molecular formula is C22H26N2O3. The molecule has 1 aromatic carbocycles. The number of hydrogen-bond donors (Lipinski definition) is 0. The Morgan fingerprint density at radius 1 is 1.04 bits per heavy atom. The topological polar surface area (TPSA) is 47.7 Å². The Balaban J connectivity index is 1.85. The Hall–Kier alpha value is -2.79. The zero-order valence-electron chi connectivity index (χ0n) is 16.1. The van der Waals surface area contributed by atoms with Gasteiger partial charge in [-0.15, -0.1) is 0 Å². The van der Waals surface area contributed by atoms with E-state index in [-0.39, 0.29) is 0 Å². The van der Waals surface area contributed by atoms with E-state index in [2.05, 4.69) is 22.9 Å². The summed E-state index contributed by atoms with van der Waals surface area (Å²) in [6.45, 7) is 6.87. The molecule has 2 aromatic heterocycles. The molecule has 0 bridgehead atoms. The van der Waals surface area contributed by atoms with Crippen LogP contribution in [0.4, 0.5) is 0 Å². The number of ether oxygens (including phenoxy) is 2. The second-order valence-electron chi connectivity index (χ2n) is 6.41. The van der Waals surface area contributed by atoms with Crippen LogP contribution in [-0.4, -0.2) is 23.6 Å². The largest absolute Gasteiger partial charge is 0.493 e. The summed E-state index contributed by atoms with van der Waals surface area (Å²) in [4.78, 5) is 6.78.